The van der Waals surface area contributed by atoms with E-state index in [4.69, 9.17) is 16.3 Å². The second-order valence-corrected chi connectivity index (χ2v) is 3.39. The van der Waals surface area contributed by atoms with Crippen molar-refractivity contribution in [1.82, 2.24) is 9.97 Å². The summed E-state index contributed by atoms with van der Waals surface area (Å²) in [5.41, 5.74) is 0.913. The van der Waals surface area contributed by atoms with Gasteiger partial charge in [-0.2, -0.15) is 4.98 Å². The molecule has 5 heteroatoms. The summed E-state index contributed by atoms with van der Waals surface area (Å²) in [7, 11) is 1.56. The number of ether oxygens (including phenoxy) is 1. The summed E-state index contributed by atoms with van der Waals surface area (Å²) in [4.78, 5) is 7.90. The van der Waals surface area contributed by atoms with E-state index in [1.54, 1.807) is 7.11 Å². The van der Waals surface area contributed by atoms with Crippen molar-refractivity contribution < 1.29 is 4.74 Å². The molecule has 1 aromatic carbocycles. The molecule has 16 heavy (non-hydrogen) atoms. The van der Waals surface area contributed by atoms with E-state index in [2.05, 4.69) is 15.3 Å². The minimum Gasteiger partial charge on any atom is -0.491 e. The number of nitrogens with one attached hydrogen (secondary N) is 1. The fourth-order valence-electron chi connectivity index (χ4n) is 1.25. The van der Waals surface area contributed by atoms with Gasteiger partial charge >= 0.3 is 0 Å². The van der Waals surface area contributed by atoms with Gasteiger partial charge in [-0.3, -0.25) is 0 Å². The zero-order valence-corrected chi connectivity index (χ0v) is 9.40. The Balaban J connectivity index is 2.30. The molecule has 0 saturated carbocycles. The maximum atomic E-state index is 5.72. The maximum absolute atomic E-state index is 5.72. The molecule has 0 unspecified atom stereocenters. The van der Waals surface area contributed by atoms with Crippen molar-refractivity contribution in [1.29, 1.82) is 0 Å². The summed E-state index contributed by atoms with van der Waals surface area (Å²) in [6.07, 6.45) is 1.53. The van der Waals surface area contributed by atoms with Crippen molar-refractivity contribution in [2.45, 2.75) is 0 Å². The molecule has 1 N–H and O–H groups in total. The molecule has 0 saturated heterocycles. The topological polar surface area (TPSA) is 47.0 Å². The molecular formula is C11H10ClN3O. The molecule has 0 radical (unpaired) electrons. The predicted molar refractivity (Wildman–Crippen MR) is 63.3 cm³/mol. The lowest BCUT2D eigenvalue weighted by Gasteiger charge is -2.09. The summed E-state index contributed by atoms with van der Waals surface area (Å²) >= 11 is 5.72. The third-order valence-electron chi connectivity index (χ3n) is 1.98. The van der Waals surface area contributed by atoms with Crippen molar-refractivity contribution >= 4 is 23.1 Å². The smallest absolute Gasteiger partial charge is 0.224 e. The van der Waals surface area contributed by atoms with E-state index in [1.807, 2.05) is 30.3 Å². The highest BCUT2D eigenvalue weighted by atomic mass is 35.5. The number of benzene rings is 1. The SMILES string of the molecule is COc1cnc(Cl)nc1Nc1ccccc1. The Morgan fingerprint density at radius 2 is 2.00 bits per heavy atom. The fraction of sp³-hybridized carbons (Fsp3) is 0.0909. The summed E-state index contributed by atoms with van der Waals surface area (Å²) < 4.78 is 5.13. The minimum absolute atomic E-state index is 0.180. The van der Waals surface area contributed by atoms with E-state index in [9.17, 15) is 0 Å². The number of hydrogen-bond acceptors (Lipinski definition) is 4. The largest absolute Gasteiger partial charge is 0.491 e. The van der Waals surface area contributed by atoms with Crippen LogP contribution in [-0.2, 0) is 0 Å². The van der Waals surface area contributed by atoms with E-state index < -0.39 is 0 Å². The van der Waals surface area contributed by atoms with Crippen molar-refractivity contribution in [3.8, 4) is 5.75 Å². The Morgan fingerprint density at radius 1 is 1.25 bits per heavy atom. The molecule has 1 aromatic heterocycles. The average molecular weight is 236 g/mol. The number of para-hydroxylation sites is 1. The van der Waals surface area contributed by atoms with Gasteiger partial charge in [-0.15, -0.1) is 0 Å². The number of anilines is 2. The van der Waals surface area contributed by atoms with Gasteiger partial charge in [0.1, 0.15) is 0 Å². The Labute approximate surface area is 98.3 Å². The predicted octanol–water partition coefficient (Wildman–Crippen LogP) is 2.88. The standard InChI is InChI=1S/C11H10ClN3O/c1-16-9-7-13-11(12)15-10(9)14-8-5-3-2-4-6-8/h2-7H,1H3,(H,13,14,15). The van der Waals surface area contributed by atoms with Crippen LogP contribution in [0.25, 0.3) is 0 Å². The number of nitrogens with zero attached hydrogens (tertiary/aromatic N) is 2. The van der Waals surface area contributed by atoms with Crippen LogP contribution in [0.3, 0.4) is 0 Å². The summed E-state index contributed by atoms with van der Waals surface area (Å²) in [6.45, 7) is 0. The van der Waals surface area contributed by atoms with Crippen LogP contribution in [0.4, 0.5) is 11.5 Å². The first kappa shape index (κ1) is 10.7. The molecule has 0 fully saturated rings. The van der Waals surface area contributed by atoms with Crippen molar-refractivity contribution in [3.05, 3.63) is 41.8 Å². The average Bonchev–Trinajstić information content (AvgIpc) is 2.31. The lowest BCUT2D eigenvalue weighted by molar-refractivity contribution is 0.413. The lowest BCUT2D eigenvalue weighted by Crippen LogP contribution is -1.98. The fourth-order valence-corrected chi connectivity index (χ4v) is 1.38. The van der Waals surface area contributed by atoms with E-state index >= 15 is 0 Å². The van der Waals surface area contributed by atoms with Gasteiger partial charge in [0.2, 0.25) is 5.28 Å². The quantitative estimate of drug-likeness (QED) is 0.831. The maximum Gasteiger partial charge on any atom is 0.224 e. The second-order valence-electron chi connectivity index (χ2n) is 3.05. The zero-order valence-electron chi connectivity index (χ0n) is 8.64. The summed E-state index contributed by atoms with van der Waals surface area (Å²) in [6, 6.07) is 9.65. The molecule has 0 amide bonds. The first-order chi connectivity index (χ1) is 7.79. The van der Waals surface area contributed by atoms with Gasteiger partial charge in [0.05, 0.1) is 13.3 Å². The number of rotatable bonds is 3. The van der Waals surface area contributed by atoms with Crippen LogP contribution in [0, 0.1) is 0 Å². The van der Waals surface area contributed by atoms with Crippen LogP contribution < -0.4 is 10.1 Å². The van der Waals surface area contributed by atoms with Gasteiger partial charge in [0.15, 0.2) is 11.6 Å². The van der Waals surface area contributed by atoms with Crippen LogP contribution in [0.2, 0.25) is 5.28 Å². The monoisotopic (exact) mass is 235 g/mol. The number of methoxy groups -OCH3 is 1. The van der Waals surface area contributed by atoms with Crippen LogP contribution in [0.15, 0.2) is 36.5 Å². The molecule has 0 atom stereocenters. The number of aromatic nitrogens is 2. The Hall–Kier alpha value is -1.81. The molecule has 0 bridgehead atoms. The van der Waals surface area contributed by atoms with Gasteiger partial charge in [-0.25, -0.2) is 4.98 Å². The highest BCUT2D eigenvalue weighted by Crippen LogP contribution is 2.25. The first-order valence-electron chi connectivity index (χ1n) is 4.68. The van der Waals surface area contributed by atoms with E-state index in [-0.39, 0.29) is 5.28 Å². The Morgan fingerprint density at radius 3 is 2.69 bits per heavy atom. The van der Waals surface area contributed by atoms with Crippen molar-refractivity contribution in [2.75, 3.05) is 12.4 Å². The molecule has 2 aromatic rings. The molecular weight excluding hydrogens is 226 g/mol. The van der Waals surface area contributed by atoms with Crippen LogP contribution >= 0.6 is 11.6 Å². The van der Waals surface area contributed by atoms with E-state index in [0.29, 0.717) is 11.6 Å². The van der Waals surface area contributed by atoms with Crippen LogP contribution in [0.1, 0.15) is 0 Å². The third-order valence-corrected chi connectivity index (χ3v) is 2.16. The normalized spacial score (nSPS) is 9.88. The number of halogens is 1. The highest BCUT2D eigenvalue weighted by molar-refractivity contribution is 6.28. The summed E-state index contributed by atoms with van der Waals surface area (Å²) in [5.74, 6) is 1.10. The molecule has 0 aliphatic carbocycles. The lowest BCUT2D eigenvalue weighted by atomic mass is 10.3. The Bertz CT molecular complexity index is 476. The van der Waals surface area contributed by atoms with Crippen molar-refractivity contribution in [3.63, 3.8) is 0 Å². The van der Waals surface area contributed by atoms with Gasteiger partial charge in [-0.05, 0) is 23.7 Å². The zero-order chi connectivity index (χ0) is 11.4. The molecule has 1 heterocycles. The van der Waals surface area contributed by atoms with Crippen LogP contribution in [-0.4, -0.2) is 17.1 Å². The minimum atomic E-state index is 0.180. The third kappa shape index (κ3) is 2.41. The number of hydrogen-bond donors (Lipinski definition) is 1. The first-order valence-corrected chi connectivity index (χ1v) is 5.06. The molecule has 0 spiro atoms. The molecule has 0 aliphatic rings. The second kappa shape index (κ2) is 4.81. The van der Waals surface area contributed by atoms with Crippen molar-refractivity contribution in [2.24, 2.45) is 0 Å². The highest BCUT2D eigenvalue weighted by Gasteiger charge is 2.06. The molecule has 2 rings (SSSR count). The summed E-state index contributed by atoms with van der Waals surface area (Å²) in [5, 5.41) is 3.28. The van der Waals surface area contributed by atoms with Gasteiger partial charge in [-0.1, -0.05) is 18.2 Å². The molecule has 0 aliphatic heterocycles. The van der Waals surface area contributed by atoms with E-state index in [1.165, 1.54) is 6.20 Å². The molecule has 4 nitrogen and oxygen atoms in total. The van der Waals surface area contributed by atoms with Gasteiger partial charge in [0.25, 0.3) is 0 Å². The van der Waals surface area contributed by atoms with E-state index in [0.717, 1.165) is 5.69 Å². The van der Waals surface area contributed by atoms with Gasteiger partial charge < -0.3 is 10.1 Å². The van der Waals surface area contributed by atoms with Gasteiger partial charge in [0, 0.05) is 5.69 Å². The van der Waals surface area contributed by atoms with Crippen LogP contribution in [0.5, 0.6) is 5.75 Å². The Kier molecular flexibility index (Phi) is 3.22. The molecule has 82 valence electrons.